The van der Waals surface area contributed by atoms with Crippen molar-refractivity contribution in [2.45, 2.75) is 19.8 Å². The van der Waals surface area contributed by atoms with Gasteiger partial charge in [0.25, 0.3) is 5.56 Å². The summed E-state index contributed by atoms with van der Waals surface area (Å²) in [6.45, 7) is 2.81. The van der Waals surface area contributed by atoms with Crippen molar-refractivity contribution in [2.75, 3.05) is 26.0 Å². The third-order valence-corrected chi connectivity index (χ3v) is 3.39. The summed E-state index contributed by atoms with van der Waals surface area (Å²) in [5.74, 6) is 0.372. The molecule has 112 valence electrons. The molecule has 0 saturated heterocycles. The number of benzene rings is 1. The number of pyridine rings is 1. The van der Waals surface area contributed by atoms with E-state index in [0.717, 1.165) is 23.9 Å². The number of carbonyl (C=O) groups excluding carboxylic acids is 1. The number of hydrogen-bond donors (Lipinski definition) is 2. The maximum Gasteiger partial charge on any atom is 0.257 e. The second-order valence-corrected chi connectivity index (χ2v) is 5.50. The Bertz CT molecular complexity index is 704. The maximum atomic E-state index is 12.0. The zero-order valence-corrected chi connectivity index (χ0v) is 12.7. The molecule has 0 bridgehead atoms. The molecule has 2 N–H and O–H groups in total. The highest BCUT2D eigenvalue weighted by Gasteiger charge is 2.07. The van der Waals surface area contributed by atoms with Crippen LogP contribution in [-0.4, -0.2) is 36.4 Å². The summed E-state index contributed by atoms with van der Waals surface area (Å²) in [7, 11) is 3.95. The van der Waals surface area contributed by atoms with Gasteiger partial charge in [-0.2, -0.15) is 0 Å². The Morgan fingerprint density at radius 2 is 2.05 bits per heavy atom. The summed E-state index contributed by atoms with van der Waals surface area (Å²) in [5.41, 5.74) is 0.835. The van der Waals surface area contributed by atoms with Crippen molar-refractivity contribution in [1.29, 1.82) is 0 Å². The fourth-order valence-electron chi connectivity index (χ4n) is 2.28. The molecule has 0 aliphatic heterocycles. The SMILES string of the molecule is Cc1cccc2c(=O)[nH]c(NC(=O)CCCN(C)C)cc12. The number of H-pyrrole nitrogens is 1. The van der Waals surface area contributed by atoms with E-state index < -0.39 is 0 Å². The van der Waals surface area contributed by atoms with Crippen LogP contribution in [0.1, 0.15) is 18.4 Å². The van der Waals surface area contributed by atoms with Gasteiger partial charge in [0.15, 0.2) is 0 Å². The van der Waals surface area contributed by atoms with Crippen molar-refractivity contribution in [3.63, 3.8) is 0 Å². The van der Waals surface area contributed by atoms with Gasteiger partial charge in [0.2, 0.25) is 5.91 Å². The van der Waals surface area contributed by atoms with Crippen LogP contribution >= 0.6 is 0 Å². The van der Waals surface area contributed by atoms with E-state index in [1.54, 1.807) is 6.07 Å². The molecular formula is C16H21N3O2. The first-order valence-electron chi connectivity index (χ1n) is 7.04. The van der Waals surface area contributed by atoms with Crippen molar-refractivity contribution in [3.8, 4) is 0 Å². The summed E-state index contributed by atoms with van der Waals surface area (Å²) in [6.07, 6.45) is 1.22. The number of anilines is 1. The van der Waals surface area contributed by atoms with Gasteiger partial charge in [0.1, 0.15) is 5.82 Å². The lowest BCUT2D eigenvalue weighted by Gasteiger charge is -2.10. The zero-order valence-electron chi connectivity index (χ0n) is 12.7. The first kappa shape index (κ1) is 15.3. The molecule has 21 heavy (non-hydrogen) atoms. The molecule has 0 fully saturated rings. The number of fused-ring (bicyclic) bond motifs is 1. The number of nitrogens with zero attached hydrogens (tertiary/aromatic N) is 1. The Balaban J connectivity index is 2.14. The van der Waals surface area contributed by atoms with Gasteiger partial charge in [-0.05, 0) is 57.1 Å². The van der Waals surface area contributed by atoms with E-state index in [1.165, 1.54) is 0 Å². The zero-order chi connectivity index (χ0) is 15.4. The number of rotatable bonds is 5. The second kappa shape index (κ2) is 6.54. The normalized spacial score (nSPS) is 11.0. The Labute approximate surface area is 124 Å². The van der Waals surface area contributed by atoms with Crippen LogP contribution in [0.25, 0.3) is 10.8 Å². The summed E-state index contributed by atoms with van der Waals surface area (Å²) in [5, 5.41) is 4.27. The van der Waals surface area contributed by atoms with Crippen LogP contribution in [0.3, 0.4) is 0 Å². The lowest BCUT2D eigenvalue weighted by atomic mass is 10.1. The molecule has 2 rings (SSSR count). The van der Waals surface area contributed by atoms with Gasteiger partial charge in [0, 0.05) is 11.8 Å². The summed E-state index contributed by atoms with van der Waals surface area (Å²) >= 11 is 0. The molecule has 1 amide bonds. The smallest absolute Gasteiger partial charge is 0.257 e. The number of aromatic nitrogens is 1. The van der Waals surface area contributed by atoms with Gasteiger partial charge in [0.05, 0.1) is 0 Å². The lowest BCUT2D eigenvalue weighted by Crippen LogP contribution is -2.19. The van der Waals surface area contributed by atoms with Gasteiger partial charge in [-0.15, -0.1) is 0 Å². The number of nitrogens with one attached hydrogen (secondary N) is 2. The molecule has 0 unspecified atom stereocenters. The van der Waals surface area contributed by atoms with Crippen molar-refractivity contribution in [1.82, 2.24) is 9.88 Å². The molecule has 0 saturated carbocycles. The minimum atomic E-state index is -0.181. The minimum Gasteiger partial charge on any atom is -0.312 e. The number of amides is 1. The van der Waals surface area contributed by atoms with Gasteiger partial charge in [-0.25, -0.2) is 0 Å². The molecule has 0 aliphatic carbocycles. The van der Waals surface area contributed by atoms with Gasteiger partial charge in [-0.3, -0.25) is 9.59 Å². The van der Waals surface area contributed by atoms with Crippen molar-refractivity contribution >= 4 is 22.5 Å². The number of hydrogen-bond acceptors (Lipinski definition) is 3. The molecule has 0 aliphatic rings. The molecule has 5 nitrogen and oxygen atoms in total. The summed E-state index contributed by atoms with van der Waals surface area (Å²) in [6, 6.07) is 7.40. The van der Waals surface area contributed by atoms with Crippen LogP contribution in [0.4, 0.5) is 5.82 Å². The topological polar surface area (TPSA) is 65.2 Å². The van der Waals surface area contributed by atoms with Gasteiger partial charge in [-0.1, -0.05) is 12.1 Å². The molecule has 1 heterocycles. The molecule has 0 atom stereocenters. The highest BCUT2D eigenvalue weighted by atomic mass is 16.2. The third-order valence-electron chi connectivity index (χ3n) is 3.39. The second-order valence-electron chi connectivity index (χ2n) is 5.50. The highest BCUT2D eigenvalue weighted by molar-refractivity contribution is 5.93. The fourth-order valence-corrected chi connectivity index (χ4v) is 2.28. The first-order chi connectivity index (χ1) is 9.97. The minimum absolute atomic E-state index is 0.0829. The Kier molecular flexibility index (Phi) is 4.75. The van der Waals surface area contributed by atoms with Crippen molar-refractivity contribution < 1.29 is 4.79 Å². The molecule has 1 aromatic carbocycles. The standard InChI is InChI=1S/C16H21N3O2/c1-11-6-4-7-12-13(11)10-14(18-16(12)21)17-15(20)8-5-9-19(2)3/h4,6-7,10H,5,8-9H2,1-3H3,(H2,17,18,20,21). The maximum absolute atomic E-state index is 12.0. The van der Waals surface area contributed by atoms with E-state index in [1.807, 2.05) is 44.1 Å². The van der Waals surface area contributed by atoms with E-state index in [9.17, 15) is 9.59 Å². The molecular weight excluding hydrogens is 266 g/mol. The Morgan fingerprint density at radius 3 is 2.76 bits per heavy atom. The Hall–Kier alpha value is -2.14. The average Bonchev–Trinajstić information content (AvgIpc) is 2.39. The molecule has 0 spiro atoms. The van der Waals surface area contributed by atoms with E-state index in [2.05, 4.69) is 10.3 Å². The molecule has 5 heteroatoms. The van der Waals surface area contributed by atoms with E-state index >= 15 is 0 Å². The Morgan fingerprint density at radius 1 is 1.29 bits per heavy atom. The number of carbonyl (C=O) groups is 1. The van der Waals surface area contributed by atoms with Gasteiger partial charge < -0.3 is 15.2 Å². The van der Waals surface area contributed by atoms with Crippen LogP contribution in [0, 0.1) is 6.92 Å². The van der Waals surface area contributed by atoms with Crippen molar-refractivity contribution in [2.24, 2.45) is 0 Å². The number of aryl methyl sites for hydroxylation is 1. The van der Waals surface area contributed by atoms with Crippen LogP contribution in [0.15, 0.2) is 29.1 Å². The first-order valence-corrected chi connectivity index (χ1v) is 7.04. The quantitative estimate of drug-likeness (QED) is 0.885. The highest BCUT2D eigenvalue weighted by Crippen LogP contribution is 2.17. The van der Waals surface area contributed by atoms with Crippen LogP contribution in [-0.2, 0) is 4.79 Å². The van der Waals surface area contributed by atoms with Crippen molar-refractivity contribution in [3.05, 3.63) is 40.2 Å². The number of aromatic amines is 1. The summed E-state index contributed by atoms with van der Waals surface area (Å²) < 4.78 is 0. The van der Waals surface area contributed by atoms with E-state index in [0.29, 0.717) is 17.6 Å². The third kappa shape index (κ3) is 3.92. The van der Waals surface area contributed by atoms with E-state index in [4.69, 9.17) is 0 Å². The average molecular weight is 287 g/mol. The van der Waals surface area contributed by atoms with E-state index in [-0.39, 0.29) is 11.5 Å². The molecule has 1 aromatic heterocycles. The lowest BCUT2D eigenvalue weighted by molar-refractivity contribution is -0.116. The summed E-state index contributed by atoms with van der Waals surface area (Å²) in [4.78, 5) is 28.6. The predicted octanol–water partition coefficient (Wildman–Crippen LogP) is 2.12. The van der Waals surface area contributed by atoms with Crippen LogP contribution < -0.4 is 10.9 Å². The van der Waals surface area contributed by atoms with Crippen LogP contribution in [0.2, 0.25) is 0 Å². The largest absolute Gasteiger partial charge is 0.312 e. The fraction of sp³-hybridized carbons (Fsp3) is 0.375. The molecule has 0 radical (unpaired) electrons. The van der Waals surface area contributed by atoms with Gasteiger partial charge >= 0.3 is 0 Å². The predicted molar refractivity (Wildman–Crippen MR) is 85.7 cm³/mol. The molecule has 2 aromatic rings. The monoisotopic (exact) mass is 287 g/mol. The van der Waals surface area contributed by atoms with Crippen LogP contribution in [0.5, 0.6) is 0 Å².